The average Bonchev–Trinajstić information content (AvgIpc) is 2.72. The van der Waals surface area contributed by atoms with Crippen LogP contribution in [0.15, 0.2) is 37.1 Å². The summed E-state index contributed by atoms with van der Waals surface area (Å²) in [5.74, 6) is 0. The first-order valence-electron chi connectivity index (χ1n) is 5.31. The van der Waals surface area contributed by atoms with E-state index in [0.29, 0.717) is 0 Å². The zero-order valence-electron chi connectivity index (χ0n) is 8.87. The van der Waals surface area contributed by atoms with Crippen LogP contribution >= 0.6 is 0 Å². The minimum absolute atomic E-state index is 0.917. The van der Waals surface area contributed by atoms with Gasteiger partial charge in [0.25, 0.3) is 0 Å². The van der Waals surface area contributed by atoms with Crippen LogP contribution in [0.4, 0.5) is 0 Å². The van der Waals surface area contributed by atoms with Crippen molar-refractivity contribution in [2.75, 3.05) is 0 Å². The zero-order chi connectivity index (χ0) is 10.8. The second-order valence-electron chi connectivity index (χ2n) is 4.00. The van der Waals surface area contributed by atoms with Gasteiger partial charge in [0.2, 0.25) is 0 Å². The van der Waals surface area contributed by atoms with Crippen LogP contribution in [0.25, 0.3) is 0 Å². The van der Waals surface area contributed by atoms with Gasteiger partial charge in [-0.3, -0.25) is 9.88 Å². The summed E-state index contributed by atoms with van der Waals surface area (Å²) in [6, 6.07) is 4.10. The lowest BCUT2D eigenvalue weighted by Crippen LogP contribution is -2.15. The van der Waals surface area contributed by atoms with Gasteiger partial charge >= 0.3 is 0 Å². The Labute approximate surface area is 94.0 Å². The van der Waals surface area contributed by atoms with Crippen LogP contribution in [0.1, 0.15) is 16.8 Å². The maximum Gasteiger partial charge on any atom is 0.115 e. The van der Waals surface area contributed by atoms with E-state index in [4.69, 9.17) is 0 Å². The third-order valence-electron chi connectivity index (χ3n) is 2.80. The highest BCUT2D eigenvalue weighted by atomic mass is 15.2. The molecule has 0 fully saturated rings. The molecule has 0 saturated heterocycles. The summed E-state index contributed by atoms with van der Waals surface area (Å²) in [4.78, 5) is 14.7. The van der Waals surface area contributed by atoms with Gasteiger partial charge in [-0.05, 0) is 17.7 Å². The van der Waals surface area contributed by atoms with E-state index in [1.54, 1.807) is 6.33 Å². The van der Waals surface area contributed by atoms with Crippen LogP contribution in [0.3, 0.4) is 0 Å². The van der Waals surface area contributed by atoms with E-state index in [1.807, 2.05) is 18.6 Å². The van der Waals surface area contributed by atoms with Gasteiger partial charge in [-0.15, -0.1) is 0 Å². The van der Waals surface area contributed by atoms with Crippen LogP contribution in [0.2, 0.25) is 0 Å². The molecule has 0 atom stereocenters. The van der Waals surface area contributed by atoms with E-state index in [-0.39, 0.29) is 0 Å². The van der Waals surface area contributed by atoms with Crippen molar-refractivity contribution in [2.24, 2.45) is 0 Å². The molecule has 0 unspecified atom stereocenters. The van der Waals surface area contributed by atoms with Crippen LogP contribution in [-0.4, -0.2) is 19.9 Å². The number of fused-ring (bicyclic) bond motifs is 1. The van der Waals surface area contributed by atoms with Crippen LogP contribution in [0.5, 0.6) is 0 Å². The Morgan fingerprint density at radius 1 is 1.12 bits per heavy atom. The lowest BCUT2D eigenvalue weighted by Gasteiger charge is -2.13. The molecular weight excluding hydrogens is 200 g/mol. The van der Waals surface area contributed by atoms with Gasteiger partial charge in [-0.1, -0.05) is 0 Å². The Morgan fingerprint density at radius 2 is 2.00 bits per heavy atom. The third kappa shape index (κ3) is 1.79. The zero-order valence-corrected chi connectivity index (χ0v) is 8.87. The molecule has 4 heteroatoms. The number of pyridine rings is 1. The molecule has 3 heterocycles. The highest BCUT2D eigenvalue weighted by molar-refractivity contribution is 5.21. The van der Waals surface area contributed by atoms with Gasteiger partial charge in [0.15, 0.2) is 0 Å². The van der Waals surface area contributed by atoms with Gasteiger partial charge in [0.05, 0.1) is 5.69 Å². The number of aromatic nitrogens is 3. The van der Waals surface area contributed by atoms with Crippen molar-refractivity contribution in [3.05, 3.63) is 53.9 Å². The first-order chi connectivity index (χ1) is 7.92. The van der Waals surface area contributed by atoms with E-state index in [9.17, 15) is 0 Å². The van der Waals surface area contributed by atoms with Crippen LogP contribution < -0.4 is 0 Å². The summed E-state index contributed by atoms with van der Waals surface area (Å²) in [5.41, 5.74) is 3.69. The molecular formula is C12H12N4. The molecule has 0 saturated carbocycles. The molecule has 0 amide bonds. The number of nitrogens with zero attached hydrogens (tertiary/aromatic N) is 4. The summed E-state index contributed by atoms with van der Waals surface area (Å²) in [6.45, 7) is 2.80. The molecule has 3 rings (SSSR count). The molecule has 2 aromatic heterocycles. The molecule has 0 bridgehead atoms. The van der Waals surface area contributed by atoms with Crippen molar-refractivity contribution in [1.82, 2.24) is 19.9 Å². The lowest BCUT2D eigenvalue weighted by atomic mass is 10.2. The van der Waals surface area contributed by atoms with E-state index in [1.165, 1.54) is 11.1 Å². The molecule has 0 aromatic carbocycles. The molecule has 1 aliphatic rings. The summed E-state index contributed by atoms with van der Waals surface area (Å²) in [6.07, 6.45) is 7.19. The second-order valence-corrected chi connectivity index (χ2v) is 4.00. The quantitative estimate of drug-likeness (QED) is 0.754. The Balaban J connectivity index is 1.73. The molecule has 80 valence electrons. The van der Waals surface area contributed by atoms with E-state index in [2.05, 4.69) is 32.0 Å². The molecule has 0 N–H and O–H groups in total. The van der Waals surface area contributed by atoms with Crippen molar-refractivity contribution >= 4 is 0 Å². The summed E-state index contributed by atoms with van der Waals surface area (Å²) in [7, 11) is 0. The fourth-order valence-electron chi connectivity index (χ4n) is 2.03. The Morgan fingerprint density at radius 3 is 2.81 bits per heavy atom. The predicted octanol–water partition coefficient (Wildman–Crippen LogP) is 1.39. The lowest BCUT2D eigenvalue weighted by molar-refractivity contribution is 0.274. The van der Waals surface area contributed by atoms with Crippen molar-refractivity contribution in [3.63, 3.8) is 0 Å². The van der Waals surface area contributed by atoms with Crippen LogP contribution in [0, 0.1) is 0 Å². The third-order valence-corrected chi connectivity index (χ3v) is 2.80. The minimum Gasteiger partial charge on any atom is -0.289 e. The number of rotatable bonds is 2. The Bertz CT molecular complexity index is 458. The van der Waals surface area contributed by atoms with Gasteiger partial charge in [-0.2, -0.15) is 0 Å². The van der Waals surface area contributed by atoms with Gasteiger partial charge in [0.1, 0.15) is 6.33 Å². The highest BCUT2D eigenvalue weighted by Gasteiger charge is 2.19. The monoisotopic (exact) mass is 212 g/mol. The molecule has 4 nitrogen and oxygen atoms in total. The SMILES string of the molecule is c1cc(CN2Cc3cncnc3C2)ccn1. The minimum atomic E-state index is 0.917. The Hall–Kier alpha value is -1.81. The fraction of sp³-hybridized carbons (Fsp3) is 0.250. The van der Waals surface area contributed by atoms with Crippen molar-refractivity contribution in [1.29, 1.82) is 0 Å². The number of hydrogen-bond acceptors (Lipinski definition) is 4. The first kappa shape index (κ1) is 9.42. The highest BCUT2D eigenvalue weighted by Crippen LogP contribution is 2.20. The number of hydrogen-bond donors (Lipinski definition) is 0. The van der Waals surface area contributed by atoms with Crippen molar-refractivity contribution in [3.8, 4) is 0 Å². The maximum absolute atomic E-state index is 4.29. The summed E-state index contributed by atoms with van der Waals surface area (Å²) < 4.78 is 0. The largest absolute Gasteiger partial charge is 0.289 e. The standard InChI is InChI=1S/C12H12N4/c1-3-13-4-2-10(1)6-16-7-11-5-14-9-15-12(11)8-16/h1-5,9H,6-8H2. The normalized spacial score (nSPS) is 15.0. The van der Waals surface area contributed by atoms with E-state index < -0.39 is 0 Å². The van der Waals surface area contributed by atoms with Crippen molar-refractivity contribution in [2.45, 2.75) is 19.6 Å². The fourth-order valence-corrected chi connectivity index (χ4v) is 2.03. The summed E-state index contributed by atoms with van der Waals surface area (Å²) >= 11 is 0. The molecule has 0 radical (unpaired) electrons. The van der Waals surface area contributed by atoms with E-state index in [0.717, 1.165) is 25.3 Å². The smallest absolute Gasteiger partial charge is 0.115 e. The Kier molecular flexibility index (Phi) is 2.34. The molecule has 16 heavy (non-hydrogen) atoms. The second kappa shape index (κ2) is 3.98. The predicted molar refractivity (Wildman–Crippen MR) is 59.2 cm³/mol. The molecule has 0 aliphatic carbocycles. The summed E-state index contributed by atoms with van der Waals surface area (Å²) in [5, 5.41) is 0. The molecule has 2 aromatic rings. The topological polar surface area (TPSA) is 41.9 Å². The van der Waals surface area contributed by atoms with Crippen LogP contribution in [-0.2, 0) is 19.6 Å². The molecule has 0 spiro atoms. The first-order valence-corrected chi connectivity index (χ1v) is 5.31. The van der Waals surface area contributed by atoms with E-state index >= 15 is 0 Å². The van der Waals surface area contributed by atoms with Gasteiger partial charge < -0.3 is 0 Å². The van der Waals surface area contributed by atoms with Crippen molar-refractivity contribution < 1.29 is 0 Å². The van der Waals surface area contributed by atoms with Gasteiger partial charge in [-0.25, -0.2) is 9.97 Å². The average molecular weight is 212 g/mol. The maximum atomic E-state index is 4.29. The molecule has 1 aliphatic heterocycles. The van der Waals surface area contributed by atoms with Gasteiger partial charge in [0, 0.05) is 43.8 Å².